The van der Waals surface area contributed by atoms with E-state index in [9.17, 15) is 8.42 Å². The van der Waals surface area contributed by atoms with Crippen LogP contribution in [0, 0.1) is 0 Å². The SMILES string of the molecule is O=S(=O)(c1ccc2ccccc2c1)N1CCN(Cc2csc(-c3ncccn3)n2)CC1. The molecular weight excluding hydrogens is 430 g/mol. The molecule has 0 atom stereocenters. The van der Waals surface area contributed by atoms with Gasteiger partial charge in [-0.2, -0.15) is 4.31 Å². The van der Waals surface area contributed by atoms with Gasteiger partial charge in [0, 0.05) is 50.5 Å². The lowest BCUT2D eigenvalue weighted by molar-refractivity contribution is 0.180. The van der Waals surface area contributed by atoms with Gasteiger partial charge in [0.15, 0.2) is 10.8 Å². The number of aromatic nitrogens is 3. The lowest BCUT2D eigenvalue weighted by Gasteiger charge is -2.33. The summed E-state index contributed by atoms with van der Waals surface area (Å²) in [5, 5.41) is 4.79. The van der Waals surface area contributed by atoms with Crippen LogP contribution in [0.5, 0.6) is 0 Å². The van der Waals surface area contributed by atoms with Crippen molar-refractivity contribution in [2.75, 3.05) is 26.2 Å². The summed E-state index contributed by atoms with van der Waals surface area (Å²) in [5.41, 5.74) is 0.957. The molecule has 0 bridgehead atoms. The standard InChI is InChI=1S/C22H21N5O2S2/c28-31(29,20-7-6-17-4-1-2-5-18(17)14-20)27-12-10-26(11-13-27)15-19-16-30-22(25-19)21-23-8-3-9-24-21/h1-9,14,16H,10-13,15H2. The van der Waals surface area contributed by atoms with Crippen LogP contribution in [0.4, 0.5) is 0 Å². The fraction of sp³-hybridized carbons (Fsp3) is 0.227. The summed E-state index contributed by atoms with van der Waals surface area (Å²) in [5.74, 6) is 0.630. The van der Waals surface area contributed by atoms with Crippen LogP contribution >= 0.6 is 11.3 Å². The molecule has 4 aromatic rings. The van der Waals surface area contributed by atoms with Crippen LogP contribution in [0.15, 0.2) is 71.2 Å². The first-order chi connectivity index (χ1) is 15.1. The van der Waals surface area contributed by atoms with Gasteiger partial charge in [0.05, 0.1) is 10.6 Å². The lowest BCUT2D eigenvalue weighted by Crippen LogP contribution is -2.48. The van der Waals surface area contributed by atoms with Gasteiger partial charge in [0.1, 0.15) is 0 Å². The fourth-order valence-electron chi connectivity index (χ4n) is 3.73. The summed E-state index contributed by atoms with van der Waals surface area (Å²) in [6.07, 6.45) is 3.41. The number of sulfonamides is 1. The fourth-order valence-corrected chi connectivity index (χ4v) is 5.94. The molecule has 0 N–H and O–H groups in total. The van der Waals surface area contributed by atoms with Crippen LogP contribution < -0.4 is 0 Å². The van der Waals surface area contributed by atoms with Crippen molar-refractivity contribution in [2.24, 2.45) is 0 Å². The minimum absolute atomic E-state index is 0.353. The van der Waals surface area contributed by atoms with E-state index in [1.807, 2.05) is 35.7 Å². The Balaban J connectivity index is 1.24. The molecule has 0 spiro atoms. The Morgan fingerprint density at radius 1 is 0.903 bits per heavy atom. The average Bonchev–Trinajstić information content (AvgIpc) is 3.28. The first-order valence-corrected chi connectivity index (χ1v) is 12.3. The molecular formula is C22H21N5O2S2. The van der Waals surface area contributed by atoms with Gasteiger partial charge >= 0.3 is 0 Å². The molecule has 9 heteroatoms. The van der Waals surface area contributed by atoms with Crippen LogP contribution in [-0.4, -0.2) is 58.8 Å². The van der Waals surface area contributed by atoms with Crippen molar-refractivity contribution in [2.45, 2.75) is 11.4 Å². The summed E-state index contributed by atoms with van der Waals surface area (Å²) in [6, 6.07) is 14.9. The van der Waals surface area contributed by atoms with Gasteiger partial charge in [0.2, 0.25) is 10.0 Å². The first-order valence-electron chi connectivity index (χ1n) is 10.0. The highest BCUT2D eigenvalue weighted by Crippen LogP contribution is 2.24. The Labute approximate surface area is 185 Å². The van der Waals surface area contributed by atoms with Gasteiger partial charge in [-0.3, -0.25) is 4.90 Å². The number of hydrogen-bond donors (Lipinski definition) is 0. The number of benzene rings is 2. The molecule has 5 rings (SSSR count). The second-order valence-electron chi connectivity index (χ2n) is 7.41. The van der Waals surface area contributed by atoms with Crippen LogP contribution in [0.3, 0.4) is 0 Å². The highest BCUT2D eigenvalue weighted by atomic mass is 32.2. The van der Waals surface area contributed by atoms with E-state index in [-0.39, 0.29) is 0 Å². The van der Waals surface area contributed by atoms with E-state index in [0.717, 1.165) is 21.5 Å². The zero-order valence-corrected chi connectivity index (χ0v) is 18.4. The summed E-state index contributed by atoms with van der Waals surface area (Å²) >= 11 is 1.53. The molecule has 2 aromatic heterocycles. The lowest BCUT2D eigenvalue weighted by atomic mass is 10.1. The quantitative estimate of drug-likeness (QED) is 0.463. The summed E-state index contributed by atoms with van der Waals surface area (Å²) in [6.45, 7) is 2.96. The van der Waals surface area contributed by atoms with E-state index in [0.29, 0.717) is 43.4 Å². The van der Waals surface area contributed by atoms with Gasteiger partial charge in [-0.05, 0) is 29.0 Å². The van der Waals surface area contributed by atoms with Crippen molar-refractivity contribution in [3.8, 4) is 10.8 Å². The molecule has 1 fully saturated rings. The molecule has 0 saturated carbocycles. The van der Waals surface area contributed by atoms with E-state index in [1.165, 1.54) is 11.3 Å². The topological polar surface area (TPSA) is 79.3 Å². The maximum atomic E-state index is 13.1. The Hall–Kier alpha value is -2.72. The molecule has 158 valence electrons. The zero-order chi connectivity index (χ0) is 21.3. The largest absolute Gasteiger partial charge is 0.295 e. The molecule has 0 aliphatic carbocycles. The number of piperazine rings is 1. The summed E-state index contributed by atoms with van der Waals surface area (Å²) in [4.78, 5) is 15.7. The number of nitrogens with zero attached hydrogens (tertiary/aromatic N) is 5. The third kappa shape index (κ3) is 4.22. The monoisotopic (exact) mass is 451 g/mol. The van der Waals surface area contributed by atoms with Crippen molar-refractivity contribution < 1.29 is 8.42 Å². The van der Waals surface area contributed by atoms with E-state index < -0.39 is 10.0 Å². The zero-order valence-electron chi connectivity index (χ0n) is 16.8. The molecule has 2 aromatic carbocycles. The molecule has 31 heavy (non-hydrogen) atoms. The summed E-state index contributed by atoms with van der Waals surface area (Å²) in [7, 11) is -3.51. The van der Waals surface area contributed by atoms with Crippen LogP contribution in [0.25, 0.3) is 21.6 Å². The highest BCUT2D eigenvalue weighted by molar-refractivity contribution is 7.89. The molecule has 7 nitrogen and oxygen atoms in total. The number of fused-ring (bicyclic) bond motifs is 1. The van der Waals surface area contributed by atoms with E-state index in [2.05, 4.69) is 19.9 Å². The van der Waals surface area contributed by atoms with Crippen molar-refractivity contribution in [1.29, 1.82) is 0 Å². The second-order valence-corrected chi connectivity index (χ2v) is 10.2. The Bertz CT molecular complexity index is 1300. The maximum Gasteiger partial charge on any atom is 0.243 e. The first kappa shape index (κ1) is 20.2. The predicted octanol–water partition coefficient (Wildman–Crippen LogP) is 3.26. The third-order valence-electron chi connectivity index (χ3n) is 5.38. The molecule has 0 radical (unpaired) electrons. The maximum absolute atomic E-state index is 13.1. The molecule has 0 unspecified atom stereocenters. The van der Waals surface area contributed by atoms with Crippen LogP contribution in [-0.2, 0) is 16.6 Å². The van der Waals surface area contributed by atoms with Crippen LogP contribution in [0.2, 0.25) is 0 Å². The van der Waals surface area contributed by atoms with Crippen molar-refractivity contribution in [3.05, 3.63) is 72.0 Å². The Kier molecular flexibility index (Phi) is 5.49. The van der Waals surface area contributed by atoms with Crippen molar-refractivity contribution in [3.63, 3.8) is 0 Å². The van der Waals surface area contributed by atoms with Gasteiger partial charge < -0.3 is 0 Å². The van der Waals surface area contributed by atoms with Gasteiger partial charge in [-0.25, -0.2) is 23.4 Å². The van der Waals surface area contributed by atoms with E-state index in [1.54, 1.807) is 34.9 Å². The van der Waals surface area contributed by atoms with Gasteiger partial charge in [-0.1, -0.05) is 30.3 Å². The van der Waals surface area contributed by atoms with Crippen LogP contribution in [0.1, 0.15) is 5.69 Å². The molecule has 1 saturated heterocycles. The molecule has 1 aliphatic heterocycles. The molecule has 3 heterocycles. The van der Waals surface area contributed by atoms with Crippen molar-refractivity contribution >= 4 is 32.1 Å². The molecule has 0 amide bonds. The normalized spacial score (nSPS) is 16.0. The van der Waals surface area contributed by atoms with E-state index in [4.69, 9.17) is 0 Å². The van der Waals surface area contributed by atoms with Gasteiger partial charge in [-0.15, -0.1) is 11.3 Å². The predicted molar refractivity (Wildman–Crippen MR) is 121 cm³/mol. The average molecular weight is 452 g/mol. The Morgan fingerprint density at radius 3 is 2.42 bits per heavy atom. The number of hydrogen-bond acceptors (Lipinski definition) is 7. The number of thiazole rings is 1. The minimum atomic E-state index is -3.51. The van der Waals surface area contributed by atoms with E-state index >= 15 is 0 Å². The highest BCUT2D eigenvalue weighted by Gasteiger charge is 2.28. The Morgan fingerprint density at radius 2 is 1.65 bits per heavy atom. The third-order valence-corrected chi connectivity index (χ3v) is 8.17. The van der Waals surface area contributed by atoms with Crippen molar-refractivity contribution in [1.82, 2.24) is 24.2 Å². The van der Waals surface area contributed by atoms with Gasteiger partial charge in [0.25, 0.3) is 0 Å². The smallest absolute Gasteiger partial charge is 0.243 e. The number of rotatable bonds is 5. The molecule has 1 aliphatic rings. The summed E-state index contributed by atoms with van der Waals surface area (Å²) < 4.78 is 27.9. The minimum Gasteiger partial charge on any atom is -0.295 e. The second kappa shape index (κ2) is 8.43.